The van der Waals surface area contributed by atoms with Gasteiger partial charge in [0.15, 0.2) is 5.82 Å². The van der Waals surface area contributed by atoms with E-state index in [-0.39, 0.29) is 30.5 Å². The van der Waals surface area contributed by atoms with Crippen molar-refractivity contribution < 1.29 is 18.7 Å². The Labute approximate surface area is 138 Å². The molecular weight excluding hydrogens is 327 g/mol. The third-order valence-electron chi connectivity index (χ3n) is 3.37. The molecule has 2 atom stereocenters. The van der Waals surface area contributed by atoms with Gasteiger partial charge in [0, 0.05) is 6.42 Å². The summed E-state index contributed by atoms with van der Waals surface area (Å²) in [5.41, 5.74) is 0. The normalized spacial score (nSPS) is 20.4. The monoisotopic (exact) mass is 344 g/mol. The van der Waals surface area contributed by atoms with E-state index in [1.54, 1.807) is 0 Å². The predicted molar refractivity (Wildman–Crippen MR) is 81.9 cm³/mol. The lowest BCUT2D eigenvalue weighted by Crippen LogP contribution is -2.43. The molecule has 0 radical (unpaired) electrons. The molecule has 9 heteroatoms. The number of amides is 2. The van der Waals surface area contributed by atoms with Crippen LogP contribution in [-0.2, 0) is 9.53 Å². The summed E-state index contributed by atoms with van der Waals surface area (Å²) in [6.45, 7) is 2.05. The van der Waals surface area contributed by atoms with E-state index in [2.05, 4.69) is 15.3 Å². The third-order valence-corrected chi connectivity index (χ3v) is 3.55. The number of carbonyl (C=O) groups is 2. The van der Waals surface area contributed by atoms with Gasteiger partial charge in [-0.15, -0.1) is 0 Å². The number of nitrogens with zero attached hydrogens (tertiary/aromatic N) is 3. The first-order chi connectivity index (χ1) is 11.0. The number of alkyl halides is 1. The summed E-state index contributed by atoms with van der Waals surface area (Å²) in [7, 11) is 0. The van der Waals surface area contributed by atoms with Crippen molar-refractivity contribution in [3.8, 4) is 0 Å². The van der Waals surface area contributed by atoms with Crippen LogP contribution >= 0.6 is 11.6 Å². The number of ether oxygens (including phenoxy) is 1. The Bertz CT molecular complexity index is 575. The molecule has 0 spiro atoms. The van der Waals surface area contributed by atoms with Crippen LogP contribution in [0.15, 0.2) is 12.4 Å². The zero-order chi connectivity index (χ0) is 16.8. The van der Waals surface area contributed by atoms with E-state index in [0.717, 1.165) is 11.3 Å². The summed E-state index contributed by atoms with van der Waals surface area (Å²) in [4.78, 5) is 33.0. The number of anilines is 1. The van der Waals surface area contributed by atoms with Crippen molar-refractivity contribution in [2.45, 2.75) is 38.4 Å². The van der Waals surface area contributed by atoms with Gasteiger partial charge in [0.1, 0.15) is 17.4 Å². The van der Waals surface area contributed by atoms with Crippen molar-refractivity contribution in [1.82, 2.24) is 14.9 Å². The van der Waals surface area contributed by atoms with Gasteiger partial charge in [0.25, 0.3) is 0 Å². The molecule has 1 fully saturated rings. The van der Waals surface area contributed by atoms with Crippen LogP contribution in [0.1, 0.15) is 26.2 Å². The number of unbranched alkanes of at least 4 members (excludes halogenated alkanes) is 1. The van der Waals surface area contributed by atoms with Crippen molar-refractivity contribution in [2.24, 2.45) is 0 Å². The summed E-state index contributed by atoms with van der Waals surface area (Å²) >= 11 is 5.69. The SMILES string of the molecule is CCCCOC(=O)N1CC(F)CC1C(=O)Nc1cncc(Cl)n1. The van der Waals surface area contributed by atoms with Gasteiger partial charge in [-0.05, 0) is 6.42 Å². The average Bonchev–Trinajstić information content (AvgIpc) is 2.89. The highest BCUT2D eigenvalue weighted by Gasteiger charge is 2.40. The molecule has 23 heavy (non-hydrogen) atoms. The Balaban J connectivity index is 2.00. The third kappa shape index (κ3) is 4.75. The molecule has 0 aliphatic carbocycles. The second-order valence-corrected chi connectivity index (χ2v) is 5.57. The van der Waals surface area contributed by atoms with Gasteiger partial charge in [0.2, 0.25) is 5.91 Å². The molecule has 2 amide bonds. The van der Waals surface area contributed by atoms with Crippen LogP contribution in [0, 0.1) is 0 Å². The van der Waals surface area contributed by atoms with Crippen LogP contribution in [0.3, 0.4) is 0 Å². The van der Waals surface area contributed by atoms with Crippen LogP contribution in [-0.4, -0.2) is 52.2 Å². The molecule has 2 unspecified atom stereocenters. The molecule has 0 bridgehead atoms. The second-order valence-electron chi connectivity index (χ2n) is 5.19. The Morgan fingerprint density at radius 2 is 2.30 bits per heavy atom. The summed E-state index contributed by atoms with van der Waals surface area (Å²) in [5.74, 6) is -0.404. The van der Waals surface area contributed by atoms with Gasteiger partial charge in [-0.3, -0.25) is 14.7 Å². The van der Waals surface area contributed by atoms with Crippen LogP contribution in [0.4, 0.5) is 15.0 Å². The minimum Gasteiger partial charge on any atom is -0.449 e. The standard InChI is InChI=1S/C14H18ClFN4O3/c1-2-3-4-23-14(22)20-8-9(16)5-10(20)13(21)19-12-7-17-6-11(15)18-12/h6-7,9-10H,2-5,8H2,1H3,(H,18,19,21). The van der Waals surface area contributed by atoms with Crippen molar-refractivity contribution in [3.63, 3.8) is 0 Å². The Morgan fingerprint density at radius 1 is 1.52 bits per heavy atom. The number of carbonyl (C=O) groups excluding carboxylic acids is 2. The molecule has 1 aromatic rings. The lowest BCUT2D eigenvalue weighted by molar-refractivity contribution is -0.120. The van der Waals surface area contributed by atoms with E-state index in [1.165, 1.54) is 12.4 Å². The van der Waals surface area contributed by atoms with E-state index in [9.17, 15) is 14.0 Å². The maximum atomic E-state index is 13.7. The first-order valence-corrected chi connectivity index (χ1v) is 7.75. The number of nitrogens with one attached hydrogen (secondary N) is 1. The van der Waals surface area contributed by atoms with E-state index in [0.29, 0.717) is 6.42 Å². The number of halogens is 2. The van der Waals surface area contributed by atoms with Crippen molar-refractivity contribution >= 4 is 29.4 Å². The van der Waals surface area contributed by atoms with E-state index in [4.69, 9.17) is 16.3 Å². The largest absolute Gasteiger partial charge is 0.449 e. The summed E-state index contributed by atoms with van der Waals surface area (Å²) in [6, 6.07) is -0.945. The first-order valence-electron chi connectivity index (χ1n) is 7.37. The Hall–Kier alpha value is -1.96. The quantitative estimate of drug-likeness (QED) is 0.829. The van der Waals surface area contributed by atoms with Gasteiger partial charge in [-0.2, -0.15) is 0 Å². The molecule has 7 nitrogen and oxygen atoms in total. The summed E-state index contributed by atoms with van der Waals surface area (Å²) in [6.07, 6.45) is 2.19. The van der Waals surface area contributed by atoms with E-state index < -0.39 is 24.2 Å². The molecule has 2 rings (SSSR count). The Morgan fingerprint density at radius 3 is 3.00 bits per heavy atom. The highest BCUT2D eigenvalue weighted by Crippen LogP contribution is 2.23. The molecule has 2 heterocycles. The molecule has 1 aromatic heterocycles. The lowest BCUT2D eigenvalue weighted by Gasteiger charge is -2.22. The maximum Gasteiger partial charge on any atom is 0.410 e. The van der Waals surface area contributed by atoms with Crippen LogP contribution in [0.2, 0.25) is 5.15 Å². The zero-order valence-corrected chi connectivity index (χ0v) is 13.4. The fourth-order valence-corrected chi connectivity index (χ4v) is 2.38. The smallest absolute Gasteiger partial charge is 0.410 e. The van der Waals surface area contributed by atoms with E-state index >= 15 is 0 Å². The minimum absolute atomic E-state index is 0.0806. The highest BCUT2D eigenvalue weighted by atomic mass is 35.5. The van der Waals surface area contributed by atoms with E-state index in [1.807, 2.05) is 6.92 Å². The van der Waals surface area contributed by atoms with Gasteiger partial charge in [0.05, 0.1) is 25.5 Å². The summed E-state index contributed by atoms with van der Waals surface area (Å²) < 4.78 is 18.7. The number of rotatable bonds is 5. The maximum absolute atomic E-state index is 13.7. The fraction of sp³-hybridized carbons (Fsp3) is 0.571. The number of hydrogen-bond acceptors (Lipinski definition) is 5. The highest BCUT2D eigenvalue weighted by molar-refractivity contribution is 6.29. The first kappa shape index (κ1) is 17.4. The van der Waals surface area contributed by atoms with Gasteiger partial charge < -0.3 is 10.1 Å². The number of aromatic nitrogens is 2. The molecule has 0 aromatic carbocycles. The predicted octanol–water partition coefficient (Wildman–Crippen LogP) is 2.42. The molecule has 0 saturated carbocycles. The number of hydrogen-bond donors (Lipinski definition) is 1. The second kappa shape index (κ2) is 8.05. The van der Waals surface area contributed by atoms with Crippen LogP contribution in [0.5, 0.6) is 0 Å². The minimum atomic E-state index is -1.27. The molecular formula is C14H18ClFN4O3. The van der Waals surface area contributed by atoms with Crippen molar-refractivity contribution in [1.29, 1.82) is 0 Å². The van der Waals surface area contributed by atoms with Gasteiger partial charge in [-0.25, -0.2) is 14.2 Å². The summed E-state index contributed by atoms with van der Waals surface area (Å²) in [5, 5.41) is 2.60. The average molecular weight is 345 g/mol. The Kier molecular flexibility index (Phi) is 6.09. The van der Waals surface area contributed by atoms with Gasteiger partial charge in [-0.1, -0.05) is 24.9 Å². The molecule has 1 saturated heterocycles. The fourth-order valence-electron chi connectivity index (χ4n) is 2.23. The molecule has 126 valence electrons. The van der Waals surface area contributed by atoms with Gasteiger partial charge >= 0.3 is 6.09 Å². The van der Waals surface area contributed by atoms with Crippen LogP contribution in [0.25, 0.3) is 0 Å². The number of likely N-dealkylation sites (tertiary alicyclic amines) is 1. The molecule has 1 N–H and O–H groups in total. The molecule has 1 aliphatic rings. The molecule has 1 aliphatic heterocycles. The van der Waals surface area contributed by atoms with Crippen molar-refractivity contribution in [3.05, 3.63) is 17.5 Å². The zero-order valence-electron chi connectivity index (χ0n) is 12.7. The topological polar surface area (TPSA) is 84.4 Å². The lowest BCUT2D eigenvalue weighted by atomic mass is 10.2. The van der Waals surface area contributed by atoms with Crippen molar-refractivity contribution in [2.75, 3.05) is 18.5 Å². The van der Waals surface area contributed by atoms with Crippen LogP contribution < -0.4 is 5.32 Å².